The lowest BCUT2D eigenvalue weighted by Crippen LogP contribution is -2.85. The van der Waals surface area contributed by atoms with E-state index in [0.717, 1.165) is 13.8 Å². The van der Waals surface area contributed by atoms with Gasteiger partial charge in [0.15, 0.2) is 23.6 Å². The zero-order chi connectivity index (χ0) is 48.0. The molecule has 3 N–H and O–H groups in total. The first kappa shape index (κ1) is 47.8. The molecular weight excluding hydrogens is 847 g/mol. The van der Waals surface area contributed by atoms with Crippen LogP contribution in [0.25, 0.3) is 0 Å². The summed E-state index contributed by atoms with van der Waals surface area (Å²) in [5, 5.41) is 37.6. The number of aliphatic hydroxyl groups excluding tert-OH is 2. The summed E-state index contributed by atoms with van der Waals surface area (Å²) in [5.74, 6) is -6.48. The minimum Gasteiger partial charge on any atom is -0.456 e. The zero-order valence-electron chi connectivity index (χ0n) is 38.5. The number of carbonyl (C=O) groups is 6. The second-order valence-corrected chi connectivity index (χ2v) is 20.0. The standard InChI is InChI=1S/C48H59NO16/c1-24-29(61-41(56)34-31(27-18-14-12-15-19-27)49(45(9,10)64-34)42(57)65-43(4,5)6)22-48(58)39(62-40(55)28-20-16-13-17-21-28)35-46(11,37(54)33(60-25(2)50)30(24)44(48,7)8)36(53)32(52)38-47(35,23-59-38)63-26(3)51/h12-21,29,31-36,38-39,52-53,58H,22-23H2,1-11H3/t29-,31-,32-,33+,34+,35?,36+,38+,39?,46-,47+,48+/m0/s1. The number of rotatable bonds is 7. The van der Waals surface area contributed by atoms with Gasteiger partial charge in [0.25, 0.3) is 0 Å². The average molecular weight is 906 g/mol. The SMILES string of the molecule is CC(=O)O[C@H]1C(=O)[C@@]2(C)C(C(OC(=O)c3ccccc3)[C@]3(O)C[C@H](OC(=O)[C@@H]4OC(C)(C)N(C(=O)OC(C)(C)C)[C@H]4c4ccccc4)C(C)=C1C3(C)C)[C@]1(OC(C)=O)CO[C@@H]1[C@@H](O)[C@H]2O. The lowest BCUT2D eigenvalue weighted by Gasteiger charge is -2.68. The monoisotopic (exact) mass is 905 g/mol. The largest absolute Gasteiger partial charge is 0.456 e. The van der Waals surface area contributed by atoms with E-state index >= 15 is 4.79 Å². The predicted molar refractivity (Wildman–Crippen MR) is 226 cm³/mol. The molecule has 0 radical (unpaired) electrons. The number of aliphatic hydroxyl groups is 3. The van der Waals surface area contributed by atoms with Gasteiger partial charge in [0.05, 0.1) is 29.6 Å². The number of ether oxygens (including phenoxy) is 7. The smallest absolute Gasteiger partial charge is 0.413 e. The number of ketones is 1. The molecular formula is C48H59NO16. The van der Waals surface area contributed by atoms with E-state index in [-0.39, 0.29) is 16.7 Å². The molecule has 2 heterocycles. The Labute approximate surface area is 377 Å². The van der Waals surface area contributed by atoms with Crippen LogP contribution in [0.1, 0.15) is 105 Å². The fourth-order valence-electron chi connectivity index (χ4n) is 11.0. The minimum absolute atomic E-state index is 0.0364. The first-order chi connectivity index (χ1) is 30.1. The molecule has 2 aromatic rings. The van der Waals surface area contributed by atoms with E-state index in [4.69, 9.17) is 33.2 Å². The highest BCUT2D eigenvalue weighted by atomic mass is 16.6. The number of amides is 1. The number of esters is 4. The van der Waals surface area contributed by atoms with Crippen LogP contribution in [0.15, 0.2) is 71.8 Å². The number of nitrogens with zero attached hydrogens (tertiary/aromatic N) is 1. The van der Waals surface area contributed by atoms with Gasteiger partial charge < -0.3 is 48.5 Å². The maximum atomic E-state index is 15.6. The summed E-state index contributed by atoms with van der Waals surface area (Å²) in [6, 6.07) is 15.3. The van der Waals surface area contributed by atoms with E-state index in [0.29, 0.717) is 5.56 Å². The first-order valence-electron chi connectivity index (χ1n) is 21.7. The number of fused-ring (bicyclic) bond motifs is 5. The molecule has 2 aliphatic heterocycles. The van der Waals surface area contributed by atoms with Crippen LogP contribution in [-0.2, 0) is 52.3 Å². The van der Waals surface area contributed by atoms with Gasteiger partial charge in [0, 0.05) is 25.7 Å². The van der Waals surface area contributed by atoms with Crippen molar-refractivity contribution >= 4 is 35.8 Å². The van der Waals surface area contributed by atoms with Crippen molar-refractivity contribution in [2.45, 2.75) is 154 Å². The maximum Gasteiger partial charge on any atom is 0.413 e. The first-order valence-corrected chi connectivity index (χ1v) is 21.7. The van der Waals surface area contributed by atoms with Crippen molar-refractivity contribution in [1.29, 1.82) is 0 Å². The molecule has 12 atom stereocenters. The molecule has 2 bridgehead atoms. The van der Waals surface area contributed by atoms with E-state index in [2.05, 4.69) is 0 Å². The second kappa shape index (κ2) is 16.3. The van der Waals surface area contributed by atoms with Gasteiger partial charge in [-0.3, -0.25) is 19.3 Å². The summed E-state index contributed by atoms with van der Waals surface area (Å²) in [7, 11) is 0. The third-order valence-corrected chi connectivity index (χ3v) is 14.0. The van der Waals surface area contributed by atoms with E-state index in [1.54, 1.807) is 97.0 Å². The maximum absolute atomic E-state index is 15.6. The number of hydrogen-bond acceptors (Lipinski definition) is 16. The molecule has 2 unspecified atom stereocenters. The molecule has 0 spiro atoms. The van der Waals surface area contributed by atoms with Crippen molar-refractivity contribution in [1.82, 2.24) is 4.90 Å². The highest BCUT2D eigenvalue weighted by Crippen LogP contribution is 2.64. The van der Waals surface area contributed by atoms with Crippen LogP contribution >= 0.6 is 0 Å². The zero-order valence-corrected chi connectivity index (χ0v) is 38.5. The van der Waals surface area contributed by atoms with E-state index in [1.807, 2.05) is 0 Å². The molecule has 7 rings (SSSR count). The molecule has 3 aliphatic carbocycles. The molecule has 17 nitrogen and oxygen atoms in total. The third kappa shape index (κ3) is 7.62. The highest BCUT2D eigenvalue weighted by molar-refractivity contribution is 5.96. The van der Waals surface area contributed by atoms with Crippen molar-refractivity contribution in [2.24, 2.45) is 16.7 Å². The molecule has 2 aromatic carbocycles. The number of benzene rings is 2. The molecule has 5 aliphatic rings. The number of carbonyl (C=O) groups excluding carboxylic acids is 6. The van der Waals surface area contributed by atoms with Gasteiger partial charge in [-0.2, -0.15) is 0 Å². The van der Waals surface area contributed by atoms with E-state index < -0.39 is 137 Å². The van der Waals surface area contributed by atoms with Gasteiger partial charge in [-0.15, -0.1) is 0 Å². The van der Waals surface area contributed by atoms with Crippen LogP contribution < -0.4 is 0 Å². The van der Waals surface area contributed by atoms with Crippen LogP contribution in [0.3, 0.4) is 0 Å². The van der Waals surface area contributed by atoms with Crippen LogP contribution in [0.4, 0.5) is 4.79 Å². The molecule has 4 fully saturated rings. The van der Waals surface area contributed by atoms with Crippen molar-refractivity contribution in [3.05, 3.63) is 82.9 Å². The quantitative estimate of drug-likeness (QED) is 0.200. The predicted octanol–water partition coefficient (Wildman–Crippen LogP) is 4.29. The number of Topliss-reactive ketones (excluding diaryl/α,β-unsaturated/α-hetero) is 1. The average Bonchev–Trinajstić information content (AvgIpc) is 3.50. The second-order valence-electron chi connectivity index (χ2n) is 20.0. The van der Waals surface area contributed by atoms with Gasteiger partial charge in [0.2, 0.25) is 0 Å². The molecule has 2 saturated carbocycles. The Morgan fingerprint density at radius 1 is 0.846 bits per heavy atom. The Kier molecular flexibility index (Phi) is 12.0. The molecule has 352 valence electrons. The van der Waals surface area contributed by atoms with Crippen LogP contribution in [0.2, 0.25) is 0 Å². The third-order valence-electron chi connectivity index (χ3n) is 14.0. The summed E-state index contributed by atoms with van der Waals surface area (Å²) in [5.41, 5.74) is -10.2. The Bertz CT molecular complexity index is 2290. The van der Waals surface area contributed by atoms with Crippen LogP contribution in [-0.4, -0.2) is 128 Å². The fraction of sp³-hybridized carbons (Fsp3) is 0.583. The highest BCUT2D eigenvalue weighted by Gasteiger charge is 2.80. The molecule has 17 heteroatoms. The number of hydrogen-bond donors (Lipinski definition) is 3. The Balaban J connectivity index is 1.43. The normalized spacial score (nSPS) is 35.8. The summed E-state index contributed by atoms with van der Waals surface area (Å²) in [6.07, 6.45) is -13.5. The minimum atomic E-state index is -2.45. The van der Waals surface area contributed by atoms with Crippen molar-refractivity contribution < 1.29 is 77.2 Å². The molecule has 65 heavy (non-hydrogen) atoms. The van der Waals surface area contributed by atoms with Gasteiger partial charge in [-0.1, -0.05) is 62.4 Å². The van der Waals surface area contributed by atoms with Crippen molar-refractivity contribution in [2.75, 3.05) is 6.61 Å². The van der Waals surface area contributed by atoms with Crippen molar-refractivity contribution in [3.8, 4) is 0 Å². The van der Waals surface area contributed by atoms with Crippen LogP contribution in [0.5, 0.6) is 0 Å². The molecule has 1 amide bonds. The Morgan fingerprint density at radius 2 is 1.45 bits per heavy atom. The van der Waals surface area contributed by atoms with E-state index in [1.165, 1.54) is 30.9 Å². The summed E-state index contributed by atoms with van der Waals surface area (Å²) in [4.78, 5) is 86.4. The Hall–Kier alpha value is -5.20. The Morgan fingerprint density at radius 3 is 1.98 bits per heavy atom. The van der Waals surface area contributed by atoms with Gasteiger partial charge in [-0.05, 0) is 77.3 Å². The van der Waals surface area contributed by atoms with Crippen molar-refractivity contribution in [3.63, 3.8) is 0 Å². The van der Waals surface area contributed by atoms with Crippen LogP contribution in [0, 0.1) is 16.7 Å². The summed E-state index contributed by atoms with van der Waals surface area (Å²) >= 11 is 0. The summed E-state index contributed by atoms with van der Waals surface area (Å²) in [6.45, 7) is 15.9. The molecule has 0 aromatic heterocycles. The lowest BCUT2D eigenvalue weighted by molar-refractivity contribution is -0.369. The van der Waals surface area contributed by atoms with Gasteiger partial charge in [-0.25, -0.2) is 14.4 Å². The van der Waals surface area contributed by atoms with E-state index in [9.17, 15) is 39.3 Å². The molecule has 2 saturated heterocycles. The van der Waals surface area contributed by atoms with Gasteiger partial charge >= 0.3 is 30.0 Å². The fourth-order valence-corrected chi connectivity index (χ4v) is 11.0. The topological polar surface area (TPSA) is 231 Å². The van der Waals surface area contributed by atoms with Gasteiger partial charge in [0.1, 0.15) is 47.4 Å². The lowest BCUT2D eigenvalue weighted by atomic mass is 9.44. The summed E-state index contributed by atoms with van der Waals surface area (Å²) < 4.78 is 42.6.